The lowest BCUT2D eigenvalue weighted by Gasteiger charge is -2.19. The third-order valence-electron chi connectivity index (χ3n) is 4.17. The second kappa shape index (κ2) is 6.99. The molecular formula is C19H19N3O5. The summed E-state index contributed by atoms with van der Waals surface area (Å²) in [4.78, 5) is 37.4. The first-order chi connectivity index (χ1) is 12.8. The smallest absolute Gasteiger partial charge is 0.257 e. The van der Waals surface area contributed by atoms with Crippen molar-refractivity contribution in [3.63, 3.8) is 0 Å². The van der Waals surface area contributed by atoms with Crippen molar-refractivity contribution in [1.82, 2.24) is 4.90 Å². The number of phenols is 1. The van der Waals surface area contributed by atoms with Crippen LogP contribution in [0, 0.1) is 0 Å². The van der Waals surface area contributed by atoms with E-state index in [0.717, 1.165) is 0 Å². The standard InChI is InChI=1S/C19H19N3O5/c1-10(13-8-5-9-27-13)20-14-15(18(25)17(14)24)21-12-7-4-6-11(16(12)23)19(26)22(2)3/h4-10,20-21,23H,1-3H3. The van der Waals surface area contributed by atoms with E-state index in [4.69, 9.17) is 4.42 Å². The Balaban J connectivity index is 1.89. The van der Waals surface area contributed by atoms with Gasteiger partial charge < -0.3 is 25.1 Å². The predicted molar refractivity (Wildman–Crippen MR) is 102 cm³/mol. The molecule has 1 atom stereocenters. The highest BCUT2D eigenvalue weighted by molar-refractivity contribution is 5.99. The van der Waals surface area contributed by atoms with Crippen LogP contribution in [0.4, 0.5) is 17.1 Å². The number of para-hydroxylation sites is 1. The van der Waals surface area contributed by atoms with E-state index in [9.17, 15) is 19.5 Å². The third kappa shape index (κ3) is 3.29. The van der Waals surface area contributed by atoms with Crippen LogP contribution in [0.2, 0.25) is 0 Å². The van der Waals surface area contributed by atoms with Gasteiger partial charge in [0.05, 0.1) is 23.6 Å². The van der Waals surface area contributed by atoms with E-state index in [2.05, 4.69) is 10.6 Å². The van der Waals surface area contributed by atoms with Crippen molar-refractivity contribution in [2.75, 3.05) is 24.7 Å². The molecule has 0 radical (unpaired) electrons. The molecule has 0 aliphatic carbocycles. The SMILES string of the molecule is CC(Nc1c(Nc2cccc(C(=O)N(C)C)c2O)c(=O)c1=O)c1ccco1. The summed E-state index contributed by atoms with van der Waals surface area (Å²) < 4.78 is 5.28. The number of amides is 1. The van der Waals surface area contributed by atoms with Crippen LogP contribution in [-0.2, 0) is 0 Å². The number of nitrogens with one attached hydrogen (secondary N) is 2. The highest BCUT2D eigenvalue weighted by atomic mass is 16.3. The Bertz CT molecular complexity index is 1050. The molecule has 3 aromatic rings. The van der Waals surface area contributed by atoms with Gasteiger partial charge in [0.2, 0.25) is 0 Å². The van der Waals surface area contributed by atoms with Gasteiger partial charge in [0.25, 0.3) is 16.8 Å². The van der Waals surface area contributed by atoms with Crippen LogP contribution in [0.25, 0.3) is 0 Å². The van der Waals surface area contributed by atoms with E-state index < -0.39 is 10.9 Å². The number of carbonyl (C=O) groups excluding carboxylic acids is 1. The Morgan fingerprint density at radius 1 is 1.11 bits per heavy atom. The number of hydrogen-bond donors (Lipinski definition) is 3. The van der Waals surface area contributed by atoms with Gasteiger partial charge in [0, 0.05) is 14.1 Å². The van der Waals surface area contributed by atoms with Gasteiger partial charge in [-0.3, -0.25) is 14.4 Å². The molecule has 0 aliphatic heterocycles. The molecule has 0 fully saturated rings. The van der Waals surface area contributed by atoms with E-state index in [1.807, 2.05) is 0 Å². The van der Waals surface area contributed by atoms with E-state index in [-0.39, 0.29) is 40.3 Å². The molecule has 3 rings (SSSR count). The summed E-state index contributed by atoms with van der Waals surface area (Å²) in [7, 11) is 3.13. The van der Waals surface area contributed by atoms with Gasteiger partial charge in [0.15, 0.2) is 5.75 Å². The Labute approximate surface area is 154 Å². The van der Waals surface area contributed by atoms with Gasteiger partial charge in [0.1, 0.15) is 17.1 Å². The van der Waals surface area contributed by atoms with Gasteiger partial charge in [-0.1, -0.05) is 6.07 Å². The van der Waals surface area contributed by atoms with Crippen molar-refractivity contribution >= 4 is 23.0 Å². The molecule has 1 heterocycles. The number of carbonyl (C=O) groups is 1. The Morgan fingerprint density at radius 3 is 2.44 bits per heavy atom. The van der Waals surface area contributed by atoms with Crippen LogP contribution in [0.15, 0.2) is 50.6 Å². The summed E-state index contributed by atoms with van der Waals surface area (Å²) in [5.41, 5.74) is -0.981. The first-order valence-electron chi connectivity index (χ1n) is 8.25. The Kier molecular flexibility index (Phi) is 4.72. The molecule has 0 saturated carbocycles. The molecule has 8 heteroatoms. The zero-order valence-electron chi connectivity index (χ0n) is 15.1. The van der Waals surface area contributed by atoms with Crippen molar-refractivity contribution in [1.29, 1.82) is 0 Å². The molecule has 0 saturated heterocycles. The lowest BCUT2D eigenvalue weighted by molar-refractivity contribution is 0.0824. The zero-order chi connectivity index (χ0) is 19.7. The second-order valence-corrected chi connectivity index (χ2v) is 6.32. The average molecular weight is 369 g/mol. The van der Waals surface area contributed by atoms with Gasteiger partial charge >= 0.3 is 0 Å². The minimum atomic E-state index is -0.701. The average Bonchev–Trinajstić information content (AvgIpc) is 3.19. The lowest BCUT2D eigenvalue weighted by atomic mass is 10.1. The number of aromatic hydroxyl groups is 1. The fourth-order valence-corrected chi connectivity index (χ4v) is 2.67. The largest absolute Gasteiger partial charge is 0.505 e. The molecule has 27 heavy (non-hydrogen) atoms. The molecule has 1 aromatic heterocycles. The number of benzene rings is 1. The summed E-state index contributed by atoms with van der Waals surface area (Å²) in [6, 6.07) is 7.70. The van der Waals surface area contributed by atoms with Crippen molar-refractivity contribution in [2.24, 2.45) is 0 Å². The summed E-state index contributed by atoms with van der Waals surface area (Å²) in [5, 5.41) is 16.1. The number of rotatable bonds is 6. The minimum absolute atomic E-state index is 0.0307. The molecule has 1 unspecified atom stereocenters. The number of nitrogens with zero attached hydrogens (tertiary/aromatic N) is 1. The maximum Gasteiger partial charge on any atom is 0.257 e. The predicted octanol–water partition coefficient (Wildman–Crippen LogP) is 2.20. The van der Waals surface area contributed by atoms with E-state index >= 15 is 0 Å². The summed E-state index contributed by atoms with van der Waals surface area (Å²) >= 11 is 0. The molecule has 140 valence electrons. The maximum atomic E-state index is 12.1. The summed E-state index contributed by atoms with van der Waals surface area (Å²) in [5.74, 6) is -0.0735. The molecule has 0 aliphatic rings. The summed E-state index contributed by atoms with van der Waals surface area (Å²) in [6.07, 6.45) is 1.51. The quantitative estimate of drug-likeness (QED) is 0.451. The molecule has 8 nitrogen and oxygen atoms in total. The van der Waals surface area contributed by atoms with Crippen molar-refractivity contribution in [3.8, 4) is 5.75 Å². The number of anilines is 3. The highest BCUT2D eigenvalue weighted by Crippen LogP contribution is 2.32. The Morgan fingerprint density at radius 2 is 1.81 bits per heavy atom. The highest BCUT2D eigenvalue weighted by Gasteiger charge is 2.25. The van der Waals surface area contributed by atoms with Gasteiger partial charge in [-0.25, -0.2) is 0 Å². The molecule has 2 aromatic carbocycles. The molecule has 0 bridgehead atoms. The van der Waals surface area contributed by atoms with E-state index in [1.54, 1.807) is 39.2 Å². The van der Waals surface area contributed by atoms with Crippen molar-refractivity contribution < 1.29 is 14.3 Å². The summed E-state index contributed by atoms with van der Waals surface area (Å²) in [6.45, 7) is 1.79. The van der Waals surface area contributed by atoms with Crippen molar-refractivity contribution in [3.05, 3.63) is 68.4 Å². The molecule has 3 N–H and O–H groups in total. The Hall–Kier alpha value is -3.55. The van der Waals surface area contributed by atoms with E-state index in [0.29, 0.717) is 5.76 Å². The van der Waals surface area contributed by atoms with Crippen LogP contribution in [0.3, 0.4) is 0 Å². The number of hydrogen-bond acceptors (Lipinski definition) is 7. The fraction of sp³-hybridized carbons (Fsp3) is 0.211. The monoisotopic (exact) mass is 369 g/mol. The van der Waals surface area contributed by atoms with Gasteiger partial charge in [-0.05, 0) is 31.2 Å². The molecule has 1 amide bonds. The zero-order valence-corrected chi connectivity index (χ0v) is 15.1. The normalized spacial score (nSPS) is 12.0. The first kappa shape index (κ1) is 18.2. The number of furan rings is 1. The maximum absolute atomic E-state index is 12.1. The fourth-order valence-electron chi connectivity index (χ4n) is 2.67. The topological polar surface area (TPSA) is 112 Å². The van der Waals surface area contributed by atoms with E-state index in [1.165, 1.54) is 23.3 Å². The van der Waals surface area contributed by atoms with Gasteiger partial charge in [-0.2, -0.15) is 0 Å². The molecule has 0 spiro atoms. The van der Waals surface area contributed by atoms with Crippen LogP contribution < -0.4 is 21.5 Å². The van der Waals surface area contributed by atoms with Crippen molar-refractivity contribution in [2.45, 2.75) is 13.0 Å². The second-order valence-electron chi connectivity index (χ2n) is 6.32. The third-order valence-corrected chi connectivity index (χ3v) is 4.17. The van der Waals surface area contributed by atoms with Crippen LogP contribution >= 0.6 is 0 Å². The molecular weight excluding hydrogens is 350 g/mol. The van der Waals surface area contributed by atoms with Crippen LogP contribution in [0.5, 0.6) is 5.75 Å². The lowest BCUT2D eigenvalue weighted by Crippen LogP contribution is -2.37. The minimum Gasteiger partial charge on any atom is -0.505 e. The number of phenolic OH excluding ortho intramolecular Hbond substituents is 1. The first-order valence-corrected chi connectivity index (χ1v) is 8.25. The van der Waals surface area contributed by atoms with Gasteiger partial charge in [-0.15, -0.1) is 0 Å². The van der Waals surface area contributed by atoms with Crippen LogP contribution in [-0.4, -0.2) is 30.0 Å². The van der Waals surface area contributed by atoms with Crippen LogP contribution in [0.1, 0.15) is 29.1 Å².